The van der Waals surface area contributed by atoms with Gasteiger partial charge in [0.15, 0.2) is 0 Å². The molecule has 17 heavy (non-hydrogen) atoms. The van der Waals surface area contributed by atoms with Crippen LogP contribution in [0.15, 0.2) is 30.3 Å². The molecule has 3 N–H and O–H groups in total. The fraction of sp³-hybridized carbons (Fsp3) is 0.308. The van der Waals surface area contributed by atoms with Gasteiger partial charge >= 0.3 is 0 Å². The molecule has 1 aromatic carbocycles. The van der Waals surface area contributed by atoms with Gasteiger partial charge in [0.2, 0.25) is 5.91 Å². The number of aliphatic hydroxyl groups is 1. The van der Waals surface area contributed by atoms with Crippen molar-refractivity contribution >= 4 is 12.0 Å². The molecular weight excluding hydrogens is 218 g/mol. The van der Waals surface area contributed by atoms with E-state index in [1.165, 1.54) is 6.08 Å². The van der Waals surface area contributed by atoms with Crippen LogP contribution in [0.2, 0.25) is 0 Å². The molecule has 0 aliphatic rings. The lowest BCUT2D eigenvalue weighted by Gasteiger charge is -2.11. The molecule has 1 amide bonds. The SMILES string of the molecule is CC[C@@H](CO)NC(=O)/C=C/c1ccc(O)cc1. The summed E-state index contributed by atoms with van der Waals surface area (Å²) >= 11 is 0. The minimum Gasteiger partial charge on any atom is -0.508 e. The van der Waals surface area contributed by atoms with Crippen molar-refractivity contribution in [3.63, 3.8) is 0 Å². The number of amides is 1. The lowest BCUT2D eigenvalue weighted by Crippen LogP contribution is -2.35. The number of phenols is 1. The maximum atomic E-state index is 11.5. The van der Waals surface area contributed by atoms with Gasteiger partial charge < -0.3 is 15.5 Å². The van der Waals surface area contributed by atoms with Gasteiger partial charge in [0.05, 0.1) is 12.6 Å². The van der Waals surface area contributed by atoms with Crippen LogP contribution in [0.3, 0.4) is 0 Å². The van der Waals surface area contributed by atoms with Gasteiger partial charge in [-0.1, -0.05) is 19.1 Å². The molecule has 0 bridgehead atoms. The second-order valence-electron chi connectivity index (χ2n) is 3.72. The van der Waals surface area contributed by atoms with Crippen LogP contribution in [0.1, 0.15) is 18.9 Å². The Balaban J connectivity index is 2.53. The molecule has 0 saturated heterocycles. The van der Waals surface area contributed by atoms with Crippen LogP contribution in [0.4, 0.5) is 0 Å². The summed E-state index contributed by atoms with van der Waals surface area (Å²) in [6.45, 7) is 1.83. The standard InChI is InChI=1S/C13H17NO3/c1-2-11(9-15)14-13(17)8-5-10-3-6-12(16)7-4-10/h3-8,11,15-16H,2,9H2,1H3,(H,14,17)/b8-5+/t11-/m0/s1. The van der Waals surface area contributed by atoms with Crippen LogP contribution in [-0.2, 0) is 4.79 Å². The molecule has 0 aromatic heterocycles. The van der Waals surface area contributed by atoms with E-state index in [1.54, 1.807) is 30.3 Å². The van der Waals surface area contributed by atoms with Crippen LogP contribution in [0.25, 0.3) is 6.08 Å². The summed E-state index contributed by atoms with van der Waals surface area (Å²) in [5.74, 6) is -0.0445. The van der Waals surface area contributed by atoms with E-state index in [9.17, 15) is 4.79 Å². The van der Waals surface area contributed by atoms with Crippen molar-refractivity contribution < 1.29 is 15.0 Å². The molecule has 92 valence electrons. The molecule has 1 rings (SSSR count). The zero-order valence-electron chi connectivity index (χ0n) is 9.76. The molecule has 4 nitrogen and oxygen atoms in total. The van der Waals surface area contributed by atoms with Gasteiger partial charge in [0.1, 0.15) is 5.75 Å². The number of carbonyl (C=O) groups excluding carboxylic acids is 1. The minimum atomic E-state index is -0.237. The highest BCUT2D eigenvalue weighted by atomic mass is 16.3. The minimum absolute atomic E-state index is 0.0602. The summed E-state index contributed by atoms with van der Waals surface area (Å²) in [4.78, 5) is 11.5. The van der Waals surface area contributed by atoms with E-state index in [4.69, 9.17) is 10.2 Å². The Morgan fingerprint density at radius 2 is 2.06 bits per heavy atom. The quantitative estimate of drug-likeness (QED) is 0.674. The first-order chi connectivity index (χ1) is 8.15. The van der Waals surface area contributed by atoms with Crippen molar-refractivity contribution in [2.24, 2.45) is 0 Å². The Bertz CT molecular complexity index is 380. The number of benzene rings is 1. The number of nitrogens with one attached hydrogen (secondary N) is 1. The van der Waals surface area contributed by atoms with Gasteiger partial charge in [-0.2, -0.15) is 0 Å². The van der Waals surface area contributed by atoms with Crippen molar-refractivity contribution in [2.75, 3.05) is 6.61 Å². The monoisotopic (exact) mass is 235 g/mol. The van der Waals surface area contributed by atoms with Crippen LogP contribution in [0.5, 0.6) is 5.75 Å². The topological polar surface area (TPSA) is 69.6 Å². The van der Waals surface area contributed by atoms with E-state index in [1.807, 2.05) is 6.92 Å². The van der Waals surface area contributed by atoms with Gasteiger partial charge in [-0.05, 0) is 30.2 Å². The number of carbonyl (C=O) groups is 1. The summed E-state index contributed by atoms with van der Waals surface area (Å²) in [5, 5.41) is 20.7. The van der Waals surface area contributed by atoms with Crippen molar-refractivity contribution in [1.82, 2.24) is 5.32 Å². The summed E-state index contributed by atoms with van der Waals surface area (Å²) in [5.41, 5.74) is 0.829. The number of aliphatic hydroxyl groups excluding tert-OH is 1. The second kappa shape index (κ2) is 6.70. The predicted octanol–water partition coefficient (Wildman–Crippen LogP) is 1.29. The van der Waals surface area contributed by atoms with E-state index in [0.717, 1.165) is 5.56 Å². The number of phenolic OH excluding ortho intramolecular Hbond substituents is 1. The van der Waals surface area contributed by atoms with Gasteiger partial charge in [-0.25, -0.2) is 0 Å². The summed E-state index contributed by atoms with van der Waals surface area (Å²) in [6, 6.07) is 6.33. The van der Waals surface area contributed by atoms with Gasteiger partial charge in [-0.15, -0.1) is 0 Å². The molecule has 0 unspecified atom stereocenters. The molecule has 0 saturated carbocycles. The Kier molecular flexibility index (Phi) is 5.23. The Morgan fingerprint density at radius 1 is 1.41 bits per heavy atom. The number of rotatable bonds is 5. The van der Waals surface area contributed by atoms with Crippen molar-refractivity contribution in [2.45, 2.75) is 19.4 Å². The molecule has 0 heterocycles. The van der Waals surface area contributed by atoms with Crippen molar-refractivity contribution in [1.29, 1.82) is 0 Å². The van der Waals surface area contributed by atoms with E-state index in [2.05, 4.69) is 5.32 Å². The zero-order chi connectivity index (χ0) is 12.7. The number of hydrogen-bond donors (Lipinski definition) is 3. The van der Waals surface area contributed by atoms with E-state index < -0.39 is 0 Å². The third kappa shape index (κ3) is 4.70. The summed E-state index contributed by atoms with van der Waals surface area (Å²) in [6.07, 6.45) is 3.75. The van der Waals surface area contributed by atoms with Crippen LogP contribution >= 0.6 is 0 Å². The second-order valence-corrected chi connectivity index (χ2v) is 3.72. The van der Waals surface area contributed by atoms with Crippen molar-refractivity contribution in [3.8, 4) is 5.75 Å². The predicted molar refractivity (Wildman–Crippen MR) is 66.4 cm³/mol. The van der Waals surface area contributed by atoms with E-state index >= 15 is 0 Å². The molecular formula is C13H17NO3. The third-order valence-corrected chi connectivity index (χ3v) is 2.38. The highest BCUT2D eigenvalue weighted by Crippen LogP contribution is 2.10. The normalized spacial score (nSPS) is 12.6. The summed E-state index contributed by atoms with van der Waals surface area (Å²) in [7, 11) is 0. The van der Waals surface area contributed by atoms with Gasteiger partial charge in [-0.3, -0.25) is 4.79 Å². The molecule has 0 radical (unpaired) electrons. The lowest BCUT2D eigenvalue weighted by atomic mass is 10.2. The molecule has 1 atom stereocenters. The molecule has 1 aromatic rings. The third-order valence-electron chi connectivity index (χ3n) is 2.38. The first-order valence-electron chi connectivity index (χ1n) is 5.54. The molecule has 4 heteroatoms. The molecule has 0 aliphatic carbocycles. The van der Waals surface area contributed by atoms with Crippen LogP contribution in [-0.4, -0.2) is 28.8 Å². The smallest absolute Gasteiger partial charge is 0.244 e. The average molecular weight is 235 g/mol. The first kappa shape index (κ1) is 13.3. The molecule has 0 fully saturated rings. The first-order valence-corrected chi connectivity index (χ1v) is 5.54. The van der Waals surface area contributed by atoms with Gasteiger partial charge in [0, 0.05) is 6.08 Å². The Morgan fingerprint density at radius 3 is 2.59 bits per heavy atom. The summed E-state index contributed by atoms with van der Waals surface area (Å²) < 4.78 is 0. The van der Waals surface area contributed by atoms with Crippen LogP contribution in [0, 0.1) is 0 Å². The van der Waals surface area contributed by atoms with E-state index in [-0.39, 0.29) is 24.3 Å². The Labute approximate surface area is 101 Å². The molecule has 0 spiro atoms. The van der Waals surface area contributed by atoms with Gasteiger partial charge in [0.25, 0.3) is 0 Å². The average Bonchev–Trinajstić information content (AvgIpc) is 2.35. The Hall–Kier alpha value is -1.81. The number of hydrogen-bond acceptors (Lipinski definition) is 3. The van der Waals surface area contributed by atoms with E-state index in [0.29, 0.717) is 6.42 Å². The maximum Gasteiger partial charge on any atom is 0.244 e. The highest BCUT2D eigenvalue weighted by Gasteiger charge is 2.05. The fourth-order valence-corrected chi connectivity index (χ4v) is 1.28. The molecule has 0 aliphatic heterocycles. The highest BCUT2D eigenvalue weighted by molar-refractivity contribution is 5.91. The largest absolute Gasteiger partial charge is 0.508 e. The maximum absolute atomic E-state index is 11.5. The zero-order valence-corrected chi connectivity index (χ0v) is 9.76. The number of aromatic hydroxyl groups is 1. The lowest BCUT2D eigenvalue weighted by molar-refractivity contribution is -0.117. The fourth-order valence-electron chi connectivity index (χ4n) is 1.28. The van der Waals surface area contributed by atoms with Crippen molar-refractivity contribution in [3.05, 3.63) is 35.9 Å². The van der Waals surface area contributed by atoms with Crippen LogP contribution < -0.4 is 5.32 Å².